The highest BCUT2D eigenvalue weighted by molar-refractivity contribution is 7.92. The van der Waals surface area contributed by atoms with Crippen LogP contribution in [-0.4, -0.2) is 31.0 Å². The Labute approximate surface area is 72.5 Å². The lowest BCUT2D eigenvalue weighted by Crippen LogP contribution is -2.18. The zero-order valence-corrected chi connectivity index (χ0v) is 7.93. The van der Waals surface area contributed by atoms with Crippen molar-refractivity contribution in [3.05, 3.63) is 0 Å². The molecule has 4 nitrogen and oxygen atoms in total. The van der Waals surface area contributed by atoms with Crippen LogP contribution in [0.5, 0.6) is 0 Å². The summed E-state index contributed by atoms with van der Waals surface area (Å²) in [5, 5.41) is 8.23. The lowest BCUT2D eigenvalue weighted by atomic mass is 10.3. The van der Waals surface area contributed by atoms with Crippen molar-refractivity contribution < 1.29 is 18.3 Å². The summed E-state index contributed by atoms with van der Waals surface area (Å²) in [4.78, 5) is 10.1. The molecule has 0 aromatic rings. The maximum atomic E-state index is 10.9. The fourth-order valence-electron chi connectivity index (χ4n) is 0.832. The molecule has 1 N–H and O–H groups in total. The normalized spacial score (nSPS) is 11.4. The molecule has 0 saturated heterocycles. The van der Waals surface area contributed by atoms with E-state index in [9.17, 15) is 13.2 Å². The van der Waals surface area contributed by atoms with Crippen LogP contribution in [0.4, 0.5) is 0 Å². The highest BCUT2D eigenvalue weighted by Crippen LogP contribution is 1.99. The second kappa shape index (κ2) is 5.13. The van der Waals surface area contributed by atoms with Gasteiger partial charge < -0.3 is 5.11 Å². The van der Waals surface area contributed by atoms with E-state index in [2.05, 4.69) is 0 Å². The van der Waals surface area contributed by atoms with Crippen molar-refractivity contribution in [1.82, 2.24) is 0 Å². The number of unbranched alkanes of at least 4 members (excludes halogenated alkanes) is 2. The fourth-order valence-corrected chi connectivity index (χ4v) is 2.00. The van der Waals surface area contributed by atoms with E-state index in [1.165, 1.54) is 0 Å². The van der Waals surface area contributed by atoms with E-state index >= 15 is 0 Å². The number of sulfone groups is 1. The van der Waals surface area contributed by atoms with Gasteiger partial charge in [-0.05, 0) is 6.42 Å². The SMILES string of the molecule is CCCCCS(=O)(=O)CC(=O)O. The van der Waals surface area contributed by atoms with Crippen LogP contribution >= 0.6 is 0 Å². The Morgan fingerprint density at radius 3 is 2.33 bits per heavy atom. The standard InChI is InChI=1S/C7H14O4S/c1-2-3-4-5-12(10,11)6-7(8)9/h2-6H2,1H3,(H,8,9). The monoisotopic (exact) mass is 194 g/mol. The average Bonchev–Trinajstić information content (AvgIpc) is 1.84. The van der Waals surface area contributed by atoms with Crippen molar-refractivity contribution in [2.75, 3.05) is 11.5 Å². The minimum Gasteiger partial charge on any atom is -0.480 e. The van der Waals surface area contributed by atoms with Crippen molar-refractivity contribution in [3.8, 4) is 0 Å². The van der Waals surface area contributed by atoms with Crippen LogP contribution < -0.4 is 0 Å². The Bertz CT molecular complexity index is 230. The third-order valence-electron chi connectivity index (χ3n) is 1.40. The summed E-state index contributed by atoms with van der Waals surface area (Å²) in [6, 6.07) is 0. The average molecular weight is 194 g/mol. The third kappa shape index (κ3) is 6.15. The number of aliphatic carboxylic acids is 1. The van der Waals surface area contributed by atoms with Crippen LogP contribution in [0.25, 0.3) is 0 Å². The summed E-state index contributed by atoms with van der Waals surface area (Å²) >= 11 is 0. The van der Waals surface area contributed by atoms with Gasteiger partial charge in [-0.1, -0.05) is 19.8 Å². The molecular weight excluding hydrogens is 180 g/mol. The first-order valence-electron chi connectivity index (χ1n) is 3.90. The van der Waals surface area contributed by atoms with Crippen molar-refractivity contribution in [3.63, 3.8) is 0 Å². The highest BCUT2D eigenvalue weighted by Gasteiger charge is 2.14. The molecular formula is C7H14O4S. The number of hydrogen-bond acceptors (Lipinski definition) is 3. The van der Waals surface area contributed by atoms with Gasteiger partial charge in [0.2, 0.25) is 0 Å². The first-order chi connectivity index (χ1) is 5.48. The number of rotatable bonds is 6. The van der Waals surface area contributed by atoms with Crippen molar-refractivity contribution in [2.45, 2.75) is 26.2 Å². The molecule has 0 aliphatic rings. The molecule has 0 unspecified atom stereocenters. The number of carboxylic acid groups (broad SMARTS) is 1. The van der Waals surface area contributed by atoms with E-state index in [1.807, 2.05) is 6.92 Å². The smallest absolute Gasteiger partial charge is 0.318 e. The van der Waals surface area contributed by atoms with Gasteiger partial charge in [0.1, 0.15) is 5.75 Å². The molecule has 0 spiro atoms. The maximum Gasteiger partial charge on any atom is 0.318 e. The molecule has 0 heterocycles. The molecule has 0 saturated carbocycles. The molecule has 0 atom stereocenters. The molecule has 0 aliphatic carbocycles. The Balaban J connectivity index is 3.81. The van der Waals surface area contributed by atoms with Gasteiger partial charge in [-0.15, -0.1) is 0 Å². The van der Waals surface area contributed by atoms with Crippen LogP contribution in [0.2, 0.25) is 0 Å². The van der Waals surface area contributed by atoms with Crippen molar-refractivity contribution >= 4 is 15.8 Å². The van der Waals surface area contributed by atoms with E-state index in [-0.39, 0.29) is 5.75 Å². The summed E-state index contributed by atoms with van der Waals surface area (Å²) < 4.78 is 21.9. The van der Waals surface area contributed by atoms with Gasteiger partial charge in [-0.25, -0.2) is 8.42 Å². The van der Waals surface area contributed by atoms with Crippen LogP contribution in [0.15, 0.2) is 0 Å². The fraction of sp³-hybridized carbons (Fsp3) is 0.857. The molecule has 0 amide bonds. The molecule has 5 heteroatoms. The second-order valence-corrected chi connectivity index (χ2v) is 4.88. The Morgan fingerprint density at radius 1 is 1.33 bits per heavy atom. The van der Waals surface area contributed by atoms with Crippen LogP contribution in [0, 0.1) is 0 Å². The first-order valence-corrected chi connectivity index (χ1v) is 5.72. The summed E-state index contributed by atoms with van der Waals surface area (Å²) in [6.07, 6.45) is 2.33. The summed E-state index contributed by atoms with van der Waals surface area (Å²) in [7, 11) is -3.35. The van der Waals surface area contributed by atoms with Gasteiger partial charge in [0.25, 0.3) is 0 Å². The van der Waals surface area contributed by atoms with E-state index in [4.69, 9.17) is 5.11 Å². The molecule has 0 radical (unpaired) electrons. The predicted octanol–water partition coefficient (Wildman–Crippen LogP) is 0.676. The van der Waals surface area contributed by atoms with Gasteiger partial charge in [0.05, 0.1) is 5.75 Å². The highest BCUT2D eigenvalue weighted by atomic mass is 32.2. The lowest BCUT2D eigenvalue weighted by molar-refractivity contribution is -0.134. The van der Waals surface area contributed by atoms with Crippen molar-refractivity contribution in [1.29, 1.82) is 0 Å². The minimum atomic E-state index is -3.35. The topological polar surface area (TPSA) is 71.4 Å². The largest absolute Gasteiger partial charge is 0.480 e. The van der Waals surface area contributed by atoms with E-state index in [0.29, 0.717) is 6.42 Å². The van der Waals surface area contributed by atoms with Crippen LogP contribution in [0.3, 0.4) is 0 Å². The molecule has 0 aromatic heterocycles. The maximum absolute atomic E-state index is 10.9. The third-order valence-corrected chi connectivity index (χ3v) is 3.00. The molecule has 0 rings (SSSR count). The number of hydrogen-bond donors (Lipinski definition) is 1. The summed E-state index contributed by atoms with van der Waals surface area (Å²) in [6.45, 7) is 1.96. The lowest BCUT2D eigenvalue weighted by Gasteiger charge is -1.99. The van der Waals surface area contributed by atoms with Gasteiger partial charge in [-0.3, -0.25) is 4.79 Å². The summed E-state index contributed by atoms with van der Waals surface area (Å²) in [5.74, 6) is -2.02. The molecule has 0 fully saturated rings. The van der Waals surface area contributed by atoms with E-state index in [0.717, 1.165) is 12.8 Å². The van der Waals surface area contributed by atoms with E-state index in [1.54, 1.807) is 0 Å². The molecule has 0 aromatic carbocycles. The predicted molar refractivity (Wildman–Crippen MR) is 45.8 cm³/mol. The quantitative estimate of drug-likeness (QED) is 0.631. The minimum absolute atomic E-state index is 0.00681. The Morgan fingerprint density at radius 2 is 1.92 bits per heavy atom. The van der Waals surface area contributed by atoms with Crippen LogP contribution in [0.1, 0.15) is 26.2 Å². The molecule has 12 heavy (non-hydrogen) atoms. The van der Waals surface area contributed by atoms with Crippen LogP contribution in [-0.2, 0) is 14.6 Å². The molecule has 0 aliphatic heterocycles. The molecule has 0 bridgehead atoms. The first kappa shape index (κ1) is 11.4. The Kier molecular flexibility index (Phi) is 4.89. The van der Waals surface area contributed by atoms with E-state index < -0.39 is 21.6 Å². The van der Waals surface area contributed by atoms with Gasteiger partial charge in [0, 0.05) is 0 Å². The molecule has 72 valence electrons. The second-order valence-electron chi connectivity index (χ2n) is 2.69. The van der Waals surface area contributed by atoms with Crippen molar-refractivity contribution in [2.24, 2.45) is 0 Å². The summed E-state index contributed by atoms with van der Waals surface area (Å²) in [5.41, 5.74) is 0. The Hall–Kier alpha value is -0.580. The zero-order chi connectivity index (χ0) is 9.61. The van der Waals surface area contributed by atoms with Gasteiger partial charge in [-0.2, -0.15) is 0 Å². The zero-order valence-electron chi connectivity index (χ0n) is 7.12. The van der Waals surface area contributed by atoms with Gasteiger partial charge >= 0.3 is 5.97 Å². The number of carbonyl (C=O) groups is 1. The van der Waals surface area contributed by atoms with Gasteiger partial charge in [0.15, 0.2) is 9.84 Å². The number of carboxylic acids is 1.